The van der Waals surface area contributed by atoms with Gasteiger partial charge in [0.15, 0.2) is 0 Å². The molecule has 4 heteroatoms. The van der Waals surface area contributed by atoms with Gasteiger partial charge in [-0.25, -0.2) is 0 Å². The number of rotatable bonds is 3. The number of aromatic nitrogens is 1. The molecule has 0 N–H and O–H groups in total. The Bertz CT molecular complexity index is 428. The molecule has 0 bridgehead atoms. The molecule has 0 amide bonds. The van der Waals surface area contributed by atoms with Crippen LogP contribution in [0, 0.1) is 17.2 Å². The van der Waals surface area contributed by atoms with Crippen LogP contribution in [0.4, 0.5) is 5.69 Å². The van der Waals surface area contributed by atoms with Crippen molar-refractivity contribution in [3.05, 3.63) is 24.0 Å². The molecule has 1 aromatic rings. The normalized spacial score (nSPS) is 16.9. The molecule has 0 atom stereocenters. The van der Waals surface area contributed by atoms with E-state index in [1.807, 2.05) is 0 Å². The molecular formula is C14H20N4. The topological polar surface area (TPSA) is 43.2 Å². The molecule has 1 fully saturated rings. The van der Waals surface area contributed by atoms with Crippen molar-refractivity contribution in [2.24, 2.45) is 5.92 Å². The lowest BCUT2D eigenvalue weighted by atomic mass is 10.1. The molecule has 1 saturated heterocycles. The van der Waals surface area contributed by atoms with Gasteiger partial charge in [0.25, 0.3) is 0 Å². The molecule has 4 nitrogen and oxygen atoms in total. The van der Waals surface area contributed by atoms with Crippen molar-refractivity contribution in [1.82, 2.24) is 9.88 Å². The first-order valence-corrected chi connectivity index (χ1v) is 6.52. The zero-order valence-electron chi connectivity index (χ0n) is 11.1. The third kappa shape index (κ3) is 2.99. The Morgan fingerprint density at radius 2 is 2.06 bits per heavy atom. The van der Waals surface area contributed by atoms with Crippen LogP contribution in [0.1, 0.15) is 19.4 Å². The summed E-state index contributed by atoms with van der Waals surface area (Å²) >= 11 is 0. The minimum atomic E-state index is 0.713. The average Bonchev–Trinajstić information content (AvgIpc) is 2.39. The molecular weight excluding hydrogens is 224 g/mol. The Morgan fingerprint density at radius 3 is 2.67 bits per heavy atom. The molecule has 1 aromatic heterocycles. The second-order valence-corrected chi connectivity index (χ2v) is 5.19. The smallest absolute Gasteiger partial charge is 0.101 e. The van der Waals surface area contributed by atoms with Crippen LogP contribution >= 0.6 is 0 Å². The van der Waals surface area contributed by atoms with Gasteiger partial charge in [-0.1, -0.05) is 13.8 Å². The highest BCUT2D eigenvalue weighted by atomic mass is 15.3. The Morgan fingerprint density at radius 1 is 1.33 bits per heavy atom. The first-order chi connectivity index (χ1) is 8.70. The maximum atomic E-state index is 9.11. The third-order valence-corrected chi connectivity index (χ3v) is 3.26. The molecule has 0 saturated carbocycles. The molecule has 18 heavy (non-hydrogen) atoms. The van der Waals surface area contributed by atoms with Gasteiger partial charge in [-0.15, -0.1) is 0 Å². The Kier molecular flexibility index (Phi) is 4.16. The molecule has 1 aliphatic heterocycles. The van der Waals surface area contributed by atoms with Crippen molar-refractivity contribution >= 4 is 5.69 Å². The number of piperazine rings is 1. The number of hydrogen-bond donors (Lipinski definition) is 0. The Labute approximate surface area is 109 Å². The second kappa shape index (κ2) is 5.83. The van der Waals surface area contributed by atoms with Gasteiger partial charge >= 0.3 is 0 Å². The van der Waals surface area contributed by atoms with E-state index in [1.54, 1.807) is 18.5 Å². The van der Waals surface area contributed by atoms with Gasteiger partial charge in [-0.2, -0.15) is 5.26 Å². The van der Waals surface area contributed by atoms with E-state index >= 15 is 0 Å². The minimum Gasteiger partial charge on any atom is -0.367 e. The number of anilines is 1. The largest absolute Gasteiger partial charge is 0.367 e. The summed E-state index contributed by atoms with van der Waals surface area (Å²) in [6, 6.07) is 4.03. The first kappa shape index (κ1) is 12.8. The molecule has 96 valence electrons. The minimum absolute atomic E-state index is 0.713. The first-order valence-electron chi connectivity index (χ1n) is 6.52. The number of pyridine rings is 1. The maximum absolute atomic E-state index is 9.11. The van der Waals surface area contributed by atoms with Gasteiger partial charge in [0, 0.05) is 38.9 Å². The van der Waals surface area contributed by atoms with E-state index in [1.165, 1.54) is 0 Å². The standard InChI is InChI=1S/C14H20N4/c1-12(2)11-17-5-7-18(8-6-17)14-10-16-4-3-13(14)9-15/h3-4,10,12H,5-8,11H2,1-2H3. The lowest BCUT2D eigenvalue weighted by Crippen LogP contribution is -2.47. The van der Waals surface area contributed by atoms with E-state index in [0.29, 0.717) is 5.92 Å². The molecule has 0 aromatic carbocycles. The average molecular weight is 244 g/mol. The summed E-state index contributed by atoms with van der Waals surface area (Å²) < 4.78 is 0. The van der Waals surface area contributed by atoms with E-state index < -0.39 is 0 Å². The summed E-state index contributed by atoms with van der Waals surface area (Å²) in [6.07, 6.45) is 3.48. The Hall–Kier alpha value is -1.60. The van der Waals surface area contributed by atoms with E-state index in [9.17, 15) is 0 Å². The number of nitriles is 1. The van der Waals surface area contributed by atoms with E-state index in [0.717, 1.165) is 44.0 Å². The van der Waals surface area contributed by atoms with Gasteiger partial charge in [-0.05, 0) is 12.0 Å². The summed E-state index contributed by atoms with van der Waals surface area (Å²) in [5.41, 5.74) is 1.70. The van der Waals surface area contributed by atoms with Crippen LogP contribution in [0.25, 0.3) is 0 Å². The lowest BCUT2D eigenvalue weighted by Gasteiger charge is -2.36. The second-order valence-electron chi connectivity index (χ2n) is 5.19. The number of hydrogen-bond acceptors (Lipinski definition) is 4. The summed E-state index contributed by atoms with van der Waals surface area (Å²) in [5, 5.41) is 9.11. The van der Waals surface area contributed by atoms with Gasteiger partial charge in [0.2, 0.25) is 0 Å². The van der Waals surface area contributed by atoms with Crippen molar-refractivity contribution in [3.63, 3.8) is 0 Å². The lowest BCUT2D eigenvalue weighted by molar-refractivity contribution is 0.231. The van der Waals surface area contributed by atoms with Gasteiger partial charge in [0.1, 0.15) is 6.07 Å². The van der Waals surface area contributed by atoms with Crippen LogP contribution in [-0.2, 0) is 0 Å². The van der Waals surface area contributed by atoms with Crippen molar-refractivity contribution < 1.29 is 0 Å². The summed E-state index contributed by atoms with van der Waals surface area (Å²) in [6.45, 7) is 9.75. The van der Waals surface area contributed by atoms with Crippen LogP contribution < -0.4 is 4.90 Å². The Balaban J connectivity index is 1.99. The van der Waals surface area contributed by atoms with Gasteiger partial charge < -0.3 is 4.90 Å². The van der Waals surface area contributed by atoms with Crippen LogP contribution in [0.2, 0.25) is 0 Å². The highest BCUT2D eigenvalue weighted by Gasteiger charge is 2.19. The highest BCUT2D eigenvalue weighted by molar-refractivity contribution is 5.57. The van der Waals surface area contributed by atoms with Crippen molar-refractivity contribution in [2.45, 2.75) is 13.8 Å². The van der Waals surface area contributed by atoms with E-state index in [4.69, 9.17) is 5.26 Å². The predicted octanol–water partition coefficient (Wildman–Crippen LogP) is 1.73. The molecule has 0 radical (unpaired) electrons. The zero-order chi connectivity index (χ0) is 13.0. The monoisotopic (exact) mass is 244 g/mol. The molecule has 0 spiro atoms. The molecule has 2 rings (SSSR count). The van der Waals surface area contributed by atoms with Gasteiger partial charge in [0.05, 0.1) is 17.4 Å². The quantitative estimate of drug-likeness (QED) is 0.812. The molecule has 0 unspecified atom stereocenters. The molecule has 0 aliphatic carbocycles. The van der Waals surface area contributed by atoms with Crippen molar-refractivity contribution in [1.29, 1.82) is 5.26 Å². The molecule has 2 heterocycles. The van der Waals surface area contributed by atoms with Crippen LogP contribution in [0.5, 0.6) is 0 Å². The summed E-state index contributed by atoms with van der Waals surface area (Å²) in [5.74, 6) is 0.713. The van der Waals surface area contributed by atoms with Crippen molar-refractivity contribution in [3.8, 4) is 6.07 Å². The van der Waals surface area contributed by atoms with E-state index in [-0.39, 0.29) is 0 Å². The summed E-state index contributed by atoms with van der Waals surface area (Å²) in [7, 11) is 0. The van der Waals surface area contributed by atoms with Crippen LogP contribution in [-0.4, -0.2) is 42.6 Å². The fraction of sp³-hybridized carbons (Fsp3) is 0.571. The summed E-state index contributed by atoms with van der Waals surface area (Å²) in [4.78, 5) is 8.89. The van der Waals surface area contributed by atoms with Crippen LogP contribution in [0.3, 0.4) is 0 Å². The number of nitrogens with zero attached hydrogens (tertiary/aromatic N) is 4. The predicted molar refractivity (Wildman–Crippen MR) is 72.4 cm³/mol. The third-order valence-electron chi connectivity index (χ3n) is 3.26. The van der Waals surface area contributed by atoms with Gasteiger partial charge in [-0.3, -0.25) is 9.88 Å². The fourth-order valence-electron chi connectivity index (χ4n) is 2.42. The molecule has 1 aliphatic rings. The maximum Gasteiger partial charge on any atom is 0.101 e. The van der Waals surface area contributed by atoms with Crippen molar-refractivity contribution in [2.75, 3.05) is 37.6 Å². The SMILES string of the molecule is CC(C)CN1CCN(c2cnccc2C#N)CC1. The highest BCUT2D eigenvalue weighted by Crippen LogP contribution is 2.20. The van der Waals surface area contributed by atoms with Crippen LogP contribution in [0.15, 0.2) is 18.5 Å². The zero-order valence-corrected chi connectivity index (χ0v) is 11.1. The fourth-order valence-corrected chi connectivity index (χ4v) is 2.42. The van der Waals surface area contributed by atoms with E-state index in [2.05, 4.69) is 34.7 Å².